The Balaban J connectivity index is 0. The lowest BCUT2D eigenvalue weighted by molar-refractivity contribution is -0.147. The average molecular weight is 633 g/mol. The van der Waals surface area contributed by atoms with Gasteiger partial charge in [-0.05, 0) is 12.8 Å². The fraction of sp³-hybridized carbons (Fsp3) is 0.929. The van der Waals surface area contributed by atoms with Crippen LogP contribution in [-0.4, -0.2) is 61.4 Å². The molecule has 0 amide bonds. The first-order chi connectivity index (χ1) is 19.3. The molecule has 0 bridgehead atoms. The molecule has 0 aliphatic carbocycles. The second kappa shape index (κ2) is 27.5. The molecule has 0 heterocycles. The molecular weight excluding hydrogens is 576 g/mol. The molecule has 0 saturated heterocycles. The van der Waals surface area contributed by atoms with Crippen LogP contribution in [0, 0.1) is 0 Å². The van der Waals surface area contributed by atoms with Gasteiger partial charge in [-0.15, -0.1) is 0 Å². The molecule has 0 aromatic carbocycles. The van der Waals surface area contributed by atoms with Gasteiger partial charge in [-0.3, -0.25) is 18.7 Å². The Labute approximate surface area is 248 Å². The molecule has 0 saturated carbocycles. The fourth-order valence-corrected chi connectivity index (χ4v) is 5.07. The molecule has 0 rings (SSSR count). The Morgan fingerprint density at radius 1 is 0.585 bits per heavy atom. The number of hydrogen-bond donors (Lipinski definition) is 3. The minimum atomic E-state index is -4.78. The van der Waals surface area contributed by atoms with Crippen molar-refractivity contribution in [3.05, 3.63) is 0 Å². The van der Waals surface area contributed by atoms with Crippen LogP contribution >= 0.6 is 0 Å². The molecule has 3 N–H and O–H groups in total. The van der Waals surface area contributed by atoms with Gasteiger partial charge in [0.05, 0.1) is 19.6 Å². The van der Waals surface area contributed by atoms with Crippen molar-refractivity contribution in [1.29, 1.82) is 0 Å². The van der Waals surface area contributed by atoms with Crippen molar-refractivity contribution in [2.45, 2.75) is 154 Å². The second-order valence-electron chi connectivity index (χ2n) is 10.4. The highest BCUT2D eigenvalue weighted by atomic mass is 32.3. The molecule has 1 atom stereocenters. The Kier molecular flexibility index (Phi) is 28.1. The molecule has 0 aromatic heterocycles. The lowest BCUT2D eigenvalue weighted by Crippen LogP contribution is -2.34. The van der Waals surface area contributed by atoms with Gasteiger partial charge >= 0.3 is 22.3 Å². The van der Waals surface area contributed by atoms with Gasteiger partial charge in [0.15, 0.2) is 5.25 Å². The number of unbranched alkanes of at least 4 members (excludes halogenated alkanes) is 18. The zero-order chi connectivity index (χ0) is 31.4. The van der Waals surface area contributed by atoms with Crippen LogP contribution < -0.4 is 0 Å². The van der Waals surface area contributed by atoms with Crippen LogP contribution in [0.15, 0.2) is 0 Å². The second-order valence-corrected chi connectivity index (χ2v) is 13.1. The number of carboxylic acid groups (broad SMARTS) is 1. The lowest BCUT2D eigenvalue weighted by atomic mass is 10.1. The summed E-state index contributed by atoms with van der Waals surface area (Å²) in [5.41, 5.74) is 0. The maximum atomic E-state index is 11.6. The normalized spacial score (nSPS) is 12.4. The van der Waals surface area contributed by atoms with Crippen molar-refractivity contribution in [2.75, 3.05) is 13.2 Å². The summed E-state index contributed by atoms with van der Waals surface area (Å²) in [7, 11) is -9.01. The smallest absolute Gasteiger partial charge is 0.397 e. The van der Waals surface area contributed by atoms with E-state index < -0.39 is 44.1 Å². The SMILES string of the molecule is CCCCCCCCCCCCOC(=O)C(CC(=O)O)S(=O)(=O)O.CCCCCCCCCCCCOS(=O)(=O)O. The van der Waals surface area contributed by atoms with Gasteiger partial charge in [0.1, 0.15) is 0 Å². The van der Waals surface area contributed by atoms with Gasteiger partial charge in [0.25, 0.3) is 10.1 Å². The number of carbonyl (C=O) groups excluding carboxylic acids is 1. The van der Waals surface area contributed by atoms with Gasteiger partial charge in [0.2, 0.25) is 0 Å². The van der Waals surface area contributed by atoms with Gasteiger partial charge in [-0.1, -0.05) is 129 Å². The van der Waals surface area contributed by atoms with Crippen molar-refractivity contribution >= 4 is 32.5 Å². The quantitative estimate of drug-likeness (QED) is 0.0486. The van der Waals surface area contributed by atoms with E-state index in [0.29, 0.717) is 12.8 Å². The average Bonchev–Trinajstić information content (AvgIpc) is 2.88. The third kappa shape index (κ3) is 33.1. The van der Waals surface area contributed by atoms with E-state index in [0.717, 1.165) is 32.1 Å². The molecule has 1 unspecified atom stereocenters. The molecule has 0 radical (unpaired) electrons. The van der Waals surface area contributed by atoms with E-state index >= 15 is 0 Å². The van der Waals surface area contributed by atoms with E-state index in [4.69, 9.17) is 18.9 Å². The maximum Gasteiger partial charge on any atom is 0.397 e. The summed E-state index contributed by atoms with van der Waals surface area (Å²) in [5.74, 6) is -2.70. The highest BCUT2D eigenvalue weighted by Crippen LogP contribution is 2.12. The first-order valence-electron chi connectivity index (χ1n) is 15.3. The Hall–Kier alpha value is -1.28. The Bertz CT molecular complexity index is 843. The van der Waals surface area contributed by atoms with Crippen molar-refractivity contribution < 1.29 is 49.6 Å². The van der Waals surface area contributed by atoms with E-state index in [-0.39, 0.29) is 13.2 Å². The summed E-state index contributed by atoms with van der Waals surface area (Å²) in [6.45, 7) is 4.53. The largest absolute Gasteiger partial charge is 0.481 e. The molecule has 41 heavy (non-hydrogen) atoms. The molecule has 246 valence electrons. The van der Waals surface area contributed by atoms with Crippen LogP contribution in [-0.2, 0) is 39.0 Å². The fourth-order valence-electron chi connectivity index (χ4n) is 4.08. The van der Waals surface area contributed by atoms with E-state index in [9.17, 15) is 26.4 Å². The van der Waals surface area contributed by atoms with Crippen LogP contribution in [0.2, 0.25) is 0 Å². The summed E-state index contributed by atoms with van der Waals surface area (Å²) in [5, 5.41) is 6.52. The predicted octanol–water partition coefficient (Wildman–Crippen LogP) is 6.91. The third-order valence-electron chi connectivity index (χ3n) is 6.45. The molecule has 0 aliphatic rings. The van der Waals surface area contributed by atoms with Crippen LogP contribution in [0.4, 0.5) is 0 Å². The Morgan fingerprint density at radius 2 is 0.927 bits per heavy atom. The zero-order valence-corrected chi connectivity index (χ0v) is 26.9. The molecule has 0 aliphatic heterocycles. The first-order valence-corrected chi connectivity index (χ1v) is 18.2. The number of hydrogen-bond acceptors (Lipinski definition) is 8. The maximum absolute atomic E-state index is 11.6. The number of aliphatic carboxylic acids is 1. The predicted molar refractivity (Wildman–Crippen MR) is 160 cm³/mol. The van der Waals surface area contributed by atoms with E-state index in [1.54, 1.807) is 0 Å². The summed E-state index contributed by atoms with van der Waals surface area (Å²) >= 11 is 0. The number of ether oxygens (including phenoxy) is 1. The number of esters is 1. The molecule has 13 heteroatoms. The molecule has 0 fully saturated rings. The van der Waals surface area contributed by atoms with Gasteiger partial charge < -0.3 is 9.84 Å². The summed E-state index contributed by atoms with van der Waals surface area (Å²) < 4.78 is 68.6. The summed E-state index contributed by atoms with van der Waals surface area (Å²) in [6, 6.07) is 0. The summed E-state index contributed by atoms with van der Waals surface area (Å²) in [6.07, 6.45) is 21.9. The van der Waals surface area contributed by atoms with Crippen LogP contribution in [0.5, 0.6) is 0 Å². The molecule has 11 nitrogen and oxygen atoms in total. The minimum absolute atomic E-state index is 0.0287. The van der Waals surface area contributed by atoms with Crippen molar-refractivity contribution in [3.63, 3.8) is 0 Å². The number of rotatable bonds is 27. The van der Waals surface area contributed by atoms with Crippen molar-refractivity contribution in [3.8, 4) is 0 Å². The zero-order valence-electron chi connectivity index (χ0n) is 25.3. The Morgan fingerprint density at radius 3 is 1.24 bits per heavy atom. The minimum Gasteiger partial charge on any atom is -0.481 e. The third-order valence-corrected chi connectivity index (χ3v) is 8.00. The highest BCUT2D eigenvalue weighted by Gasteiger charge is 2.34. The van der Waals surface area contributed by atoms with E-state index in [2.05, 4.69) is 18.0 Å². The van der Waals surface area contributed by atoms with Gasteiger partial charge in [-0.2, -0.15) is 16.8 Å². The van der Waals surface area contributed by atoms with E-state index in [1.165, 1.54) is 83.5 Å². The van der Waals surface area contributed by atoms with Crippen LogP contribution in [0.25, 0.3) is 0 Å². The monoisotopic (exact) mass is 632 g/mol. The number of carboxylic acids is 1. The highest BCUT2D eigenvalue weighted by molar-refractivity contribution is 7.87. The van der Waals surface area contributed by atoms with Gasteiger partial charge in [-0.25, -0.2) is 4.18 Å². The topological polar surface area (TPSA) is 182 Å². The van der Waals surface area contributed by atoms with Crippen molar-refractivity contribution in [1.82, 2.24) is 0 Å². The molecule has 0 aromatic rings. The first kappa shape index (κ1) is 41.9. The van der Waals surface area contributed by atoms with Crippen LogP contribution in [0.1, 0.15) is 149 Å². The summed E-state index contributed by atoms with van der Waals surface area (Å²) in [4.78, 5) is 22.1. The van der Waals surface area contributed by atoms with E-state index in [1.807, 2.05) is 0 Å². The standard InChI is InChI=1S/C16H30O7S.C12H26O4S/c1-2-3-4-5-6-7-8-9-10-11-12-23-16(19)14(13-15(17)18)24(20,21)22;1-2-3-4-5-6-7-8-9-10-11-12-16-17(13,14)15/h14H,2-13H2,1H3,(H,17,18)(H,20,21,22);2-12H2,1H3,(H,13,14,15). The van der Waals surface area contributed by atoms with Gasteiger partial charge in [0, 0.05) is 0 Å². The molecule has 0 spiro atoms. The van der Waals surface area contributed by atoms with Crippen molar-refractivity contribution in [2.24, 2.45) is 0 Å². The molecular formula is C28H56O11S2. The van der Waals surface area contributed by atoms with Crippen LogP contribution in [0.3, 0.4) is 0 Å². The lowest BCUT2D eigenvalue weighted by Gasteiger charge is -2.11. The number of carbonyl (C=O) groups is 2.